The minimum atomic E-state index is -0.510. The highest BCUT2D eigenvalue weighted by Gasteiger charge is 2.48. The van der Waals surface area contributed by atoms with Gasteiger partial charge in [-0.2, -0.15) is 0 Å². The Morgan fingerprint density at radius 3 is 1.96 bits per heavy atom. The van der Waals surface area contributed by atoms with Crippen molar-refractivity contribution in [1.29, 1.82) is 0 Å². The summed E-state index contributed by atoms with van der Waals surface area (Å²) in [6.07, 6.45) is 25.0. The van der Waals surface area contributed by atoms with Gasteiger partial charge in [-0.3, -0.25) is 19.7 Å². The average Bonchev–Trinajstić information content (AvgIpc) is 3.52. The Balaban J connectivity index is 0.754. The molecule has 3 amide bonds. The van der Waals surface area contributed by atoms with Crippen LogP contribution in [0.3, 0.4) is 0 Å². The van der Waals surface area contributed by atoms with Crippen molar-refractivity contribution in [3.8, 4) is 0 Å². The van der Waals surface area contributed by atoms with Gasteiger partial charge in [0.25, 0.3) is 0 Å². The second-order valence-corrected chi connectivity index (χ2v) is 17.8. The van der Waals surface area contributed by atoms with E-state index in [4.69, 9.17) is 18.9 Å². The van der Waals surface area contributed by atoms with Crippen LogP contribution in [-0.4, -0.2) is 98.3 Å². The molecule has 10 heteroatoms. The van der Waals surface area contributed by atoms with E-state index in [-0.39, 0.29) is 41.8 Å². The minimum Gasteiger partial charge on any atom is -0.393 e. The lowest BCUT2D eigenvalue weighted by Crippen LogP contribution is -2.53. The number of amides is 3. The standard InChI is InChI=1S/C45H74N2O8/c1-2-39(32-10-4-3-5-11-32)43(33-12-16-36(48)17-13-33)34-14-18-37(19-15-34)54-28-7-6-24-52-25-8-26-53-27-9-29-55-38-20-21-40-35(30-38)31-47(45(40)51)41-22-23-42(49)46-44(41)50/h32-38,40-41,48H,2-31H2,1H3,(H,46,49,50)/b43-39-. The highest BCUT2D eigenvalue weighted by Crippen LogP contribution is 2.46. The number of carbonyl (C=O) groups excluding carboxylic acids is 3. The van der Waals surface area contributed by atoms with Gasteiger partial charge >= 0.3 is 0 Å². The molecule has 10 nitrogen and oxygen atoms in total. The number of hydrogen-bond donors (Lipinski definition) is 2. The number of unbranched alkanes of at least 4 members (excludes halogenated alkanes) is 1. The first kappa shape index (κ1) is 42.7. The molecule has 6 aliphatic rings. The Labute approximate surface area is 331 Å². The third kappa shape index (κ3) is 12.3. The van der Waals surface area contributed by atoms with Crippen LogP contribution in [0.1, 0.15) is 155 Å². The largest absolute Gasteiger partial charge is 0.393 e. The number of nitrogens with zero attached hydrogens (tertiary/aromatic N) is 1. The van der Waals surface area contributed by atoms with Crippen molar-refractivity contribution in [3.63, 3.8) is 0 Å². The first-order valence-corrected chi connectivity index (χ1v) is 22.8. The van der Waals surface area contributed by atoms with Crippen LogP contribution in [0.2, 0.25) is 0 Å². The van der Waals surface area contributed by atoms with Gasteiger partial charge in [-0.25, -0.2) is 0 Å². The molecule has 4 saturated carbocycles. The van der Waals surface area contributed by atoms with Crippen LogP contribution in [0.25, 0.3) is 0 Å². The first-order chi connectivity index (χ1) is 26.9. The number of aliphatic hydroxyl groups is 1. The Bertz CT molecular complexity index is 1240. The molecule has 0 aromatic rings. The molecule has 4 atom stereocenters. The molecule has 6 fully saturated rings. The number of carbonyl (C=O) groups is 3. The van der Waals surface area contributed by atoms with Gasteiger partial charge in [-0.1, -0.05) is 37.3 Å². The van der Waals surface area contributed by atoms with Crippen molar-refractivity contribution < 1.29 is 38.4 Å². The van der Waals surface area contributed by atoms with E-state index in [1.165, 1.54) is 77.0 Å². The summed E-state index contributed by atoms with van der Waals surface area (Å²) in [5, 5.41) is 12.6. The fraction of sp³-hybridized carbons (Fsp3) is 0.889. The fourth-order valence-corrected chi connectivity index (χ4v) is 11.1. The maximum Gasteiger partial charge on any atom is 0.249 e. The van der Waals surface area contributed by atoms with Gasteiger partial charge in [-0.15, -0.1) is 0 Å². The average molecular weight is 771 g/mol. The quantitative estimate of drug-likeness (QED) is 0.0745. The molecule has 4 aliphatic carbocycles. The minimum absolute atomic E-state index is 0.0235. The molecule has 6 rings (SSSR count). The van der Waals surface area contributed by atoms with E-state index in [0.717, 1.165) is 89.4 Å². The molecule has 55 heavy (non-hydrogen) atoms. The van der Waals surface area contributed by atoms with Gasteiger partial charge in [0.2, 0.25) is 17.7 Å². The molecule has 2 saturated heterocycles. The van der Waals surface area contributed by atoms with Crippen molar-refractivity contribution >= 4 is 17.7 Å². The Kier molecular flexibility index (Phi) is 17.4. The van der Waals surface area contributed by atoms with Crippen molar-refractivity contribution in [1.82, 2.24) is 10.2 Å². The van der Waals surface area contributed by atoms with E-state index in [9.17, 15) is 19.5 Å². The SMILES string of the molecule is CC/C(=C(\C1CCC(O)CC1)C1CCC(OCCCCOCCCOCCCOC2CCC3C(=O)N(C4CCC(=O)NC4=O)CC3C2)CC1)C1CCCCC1. The number of likely N-dealkylation sites (tertiary alicyclic amines) is 1. The molecule has 2 aliphatic heterocycles. The summed E-state index contributed by atoms with van der Waals surface area (Å²) in [4.78, 5) is 38.6. The van der Waals surface area contributed by atoms with Gasteiger partial charge in [0.1, 0.15) is 6.04 Å². The van der Waals surface area contributed by atoms with Crippen LogP contribution < -0.4 is 5.32 Å². The number of nitrogens with one attached hydrogen (secondary N) is 1. The van der Waals surface area contributed by atoms with Crippen molar-refractivity contribution in [2.45, 2.75) is 179 Å². The third-order valence-electron chi connectivity index (χ3n) is 14.1. The summed E-state index contributed by atoms with van der Waals surface area (Å²) in [5.74, 6) is 1.91. The van der Waals surface area contributed by atoms with Gasteiger partial charge in [0.15, 0.2) is 0 Å². The lowest BCUT2D eigenvalue weighted by atomic mass is 9.68. The second kappa shape index (κ2) is 22.3. The number of piperidine rings is 1. The number of rotatable bonds is 20. The lowest BCUT2D eigenvalue weighted by molar-refractivity contribution is -0.145. The molecule has 0 spiro atoms. The zero-order chi connectivity index (χ0) is 38.4. The van der Waals surface area contributed by atoms with Crippen molar-refractivity contribution in [3.05, 3.63) is 11.1 Å². The lowest BCUT2D eigenvalue weighted by Gasteiger charge is -2.39. The van der Waals surface area contributed by atoms with Gasteiger partial charge < -0.3 is 29.0 Å². The van der Waals surface area contributed by atoms with E-state index in [1.807, 2.05) is 11.1 Å². The molecular formula is C45H74N2O8. The molecule has 2 heterocycles. The predicted molar refractivity (Wildman–Crippen MR) is 212 cm³/mol. The van der Waals surface area contributed by atoms with Crippen LogP contribution >= 0.6 is 0 Å². The second-order valence-electron chi connectivity index (χ2n) is 17.8. The Hall–Kier alpha value is -1.85. The highest BCUT2D eigenvalue weighted by molar-refractivity contribution is 6.02. The summed E-state index contributed by atoms with van der Waals surface area (Å²) in [5.41, 5.74) is 3.67. The number of aliphatic hydroxyl groups excluding tert-OH is 1. The van der Waals surface area contributed by atoms with Gasteiger partial charge in [0, 0.05) is 58.5 Å². The van der Waals surface area contributed by atoms with Crippen molar-refractivity contribution in [2.75, 3.05) is 46.2 Å². The number of hydrogen-bond acceptors (Lipinski definition) is 8. The van der Waals surface area contributed by atoms with Gasteiger partial charge in [0.05, 0.1) is 18.3 Å². The number of imide groups is 1. The van der Waals surface area contributed by atoms with Gasteiger partial charge in [-0.05, 0) is 146 Å². The molecule has 4 unspecified atom stereocenters. The fourth-order valence-electron chi connectivity index (χ4n) is 11.1. The molecule has 0 aromatic heterocycles. The van der Waals surface area contributed by atoms with E-state index in [0.29, 0.717) is 51.2 Å². The Morgan fingerprint density at radius 2 is 1.27 bits per heavy atom. The third-order valence-corrected chi connectivity index (χ3v) is 14.1. The maximum absolute atomic E-state index is 13.0. The number of ether oxygens (including phenoxy) is 4. The molecule has 0 bridgehead atoms. The first-order valence-electron chi connectivity index (χ1n) is 22.8. The number of allylic oxidation sites excluding steroid dienone is 2. The van der Waals surface area contributed by atoms with E-state index < -0.39 is 6.04 Å². The zero-order valence-electron chi connectivity index (χ0n) is 34.2. The number of fused-ring (bicyclic) bond motifs is 1. The van der Waals surface area contributed by atoms with E-state index in [1.54, 1.807) is 4.90 Å². The Morgan fingerprint density at radius 1 is 0.673 bits per heavy atom. The topological polar surface area (TPSA) is 124 Å². The molecule has 312 valence electrons. The van der Waals surface area contributed by atoms with E-state index in [2.05, 4.69) is 12.2 Å². The van der Waals surface area contributed by atoms with Crippen LogP contribution in [0.15, 0.2) is 11.1 Å². The normalized spacial score (nSPS) is 32.7. The highest BCUT2D eigenvalue weighted by atomic mass is 16.5. The van der Waals surface area contributed by atoms with Crippen LogP contribution in [-0.2, 0) is 33.3 Å². The molecular weight excluding hydrogens is 697 g/mol. The summed E-state index contributed by atoms with van der Waals surface area (Å²) < 4.78 is 24.3. The summed E-state index contributed by atoms with van der Waals surface area (Å²) in [6.45, 7) is 7.33. The summed E-state index contributed by atoms with van der Waals surface area (Å²) in [7, 11) is 0. The van der Waals surface area contributed by atoms with E-state index >= 15 is 0 Å². The molecule has 0 aromatic carbocycles. The van der Waals surface area contributed by atoms with Crippen molar-refractivity contribution in [2.24, 2.45) is 29.6 Å². The summed E-state index contributed by atoms with van der Waals surface area (Å²) in [6, 6.07) is -0.510. The predicted octanol–water partition coefficient (Wildman–Crippen LogP) is 7.44. The van der Waals surface area contributed by atoms with Crippen LogP contribution in [0.4, 0.5) is 0 Å². The zero-order valence-corrected chi connectivity index (χ0v) is 34.2. The molecule has 2 N–H and O–H groups in total. The molecule has 0 radical (unpaired) electrons. The maximum atomic E-state index is 13.0. The van der Waals surface area contributed by atoms with Crippen LogP contribution in [0.5, 0.6) is 0 Å². The van der Waals surface area contributed by atoms with Crippen LogP contribution in [0, 0.1) is 29.6 Å². The summed E-state index contributed by atoms with van der Waals surface area (Å²) >= 11 is 0. The smallest absolute Gasteiger partial charge is 0.249 e. The monoisotopic (exact) mass is 771 g/mol.